The number of para-hydroxylation sites is 4. The zero-order chi connectivity index (χ0) is 44.6. The minimum absolute atomic E-state index is 0.354. The maximum absolute atomic E-state index is 11.1. The van der Waals surface area contributed by atoms with Gasteiger partial charge in [0.25, 0.3) is 0 Å². The molecule has 7 heteroatoms. The van der Waals surface area contributed by atoms with Gasteiger partial charge in [0.2, 0.25) is 0 Å². The van der Waals surface area contributed by atoms with Crippen molar-refractivity contribution in [2.75, 3.05) is 0 Å². The van der Waals surface area contributed by atoms with E-state index in [2.05, 4.69) is 159 Å². The zero-order valence-electron chi connectivity index (χ0n) is 35.8. The quantitative estimate of drug-likeness (QED) is 0.167. The molecule has 310 valence electrons. The summed E-state index contributed by atoms with van der Waals surface area (Å²) in [5.41, 5.74) is 13.3. The molecule has 0 amide bonds. The summed E-state index contributed by atoms with van der Waals surface area (Å²) in [6, 6.07) is 77.7. The molecule has 0 aliphatic rings. The molecule has 0 aliphatic heterocycles. The summed E-state index contributed by atoms with van der Waals surface area (Å²) in [6.07, 6.45) is 0. The van der Waals surface area contributed by atoms with E-state index in [9.17, 15) is 10.5 Å². The van der Waals surface area contributed by atoms with Crippen LogP contribution < -0.4 is 0 Å². The summed E-state index contributed by atoms with van der Waals surface area (Å²) in [5.74, 6) is 0.554. The van der Waals surface area contributed by atoms with Gasteiger partial charge in [-0.25, -0.2) is 9.97 Å². The first-order chi connectivity index (χ1) is 33.1. The van der Waals surface area contributed by atoms with Crippen molar-refractivity contribution in [2.24, 2.45) is 0 Å². The van der Waals surface area contributed by atoms with E-state index in [1.54, 1.807) is 0 Å². The van der Waals surface area contributed by atoms with Crippen LogP contribution in [0.1, 0.15) is 11.1 Å². The van der Waals surface area contributed by atoms with Crippen molar-refractivity contribution in [3.63, 3.8) is 0 Å². The van der Waals surface area contributed by atoms with Gasteiger partial charge in [0.1, 0.15) is 12.1 Å². The molecule has 0 fully saturated rings. The Kier molecular flexibility index (Phi) is 8.51. The van der Waals surface area contributed by atoms with Crippen LogP contribution in [0.2, 0.25) is 0 Å². The molecule has 0 N–H and O–H groups in total. The van der Waals surface area contributed by atoms with Gasteiger partial charge in [0, 0.05) is 60.4 Å². The van der Waals surface area contributed by atoms with Crippen molar-refractivity contribution in [3.05, 3.63) is 223 Å². The highest BCUT2D eigenvalue weighted by atomic mass is 15.0. The summed E-state index contributed by atoms with van der Waals surface area (Å²) in [5, 5.41) is 29.0. The van der Waals surface area contributed by atoms with Crippen LogP contribution in [0.25, 0.3) is 116 Å². The Bertz CT molecular complexity index is 3870. The summed E-state index contributed by atoms with van der Waals surface area (Å²) in [6.45, 7) is 0. The molecule has 0 spiro atoms. The zero-order valence-corrected chi connectivity index (χ0v) is 35.8. The average molecular weight is 854 g/mol. The van der Waals surface area contributed by atoms with Crippen molar-refractivity contribution in [1.82, 2.24) is 23.7 Å². The lowest BCUT2D eigenvalue weighted by atomic mass is 9.99. The Balaban J connectivity index is 1.08. The first kappa shape index (κ1) is 37.9. The normalized spacial score (nSPS) is 11.6. The van der Waals surface area contributed by atoms with Crippen LogP contribution in [-0.4, -0.2) is 23.7 Å². The monoisotopic (exact) mass is 853 g/mol. The minimum atomic E-state index is 0.354. The molecule has 7 nitrogen and oxygen atoms in total. The Labute approximate surface area is 384 Å². The van der Waals surface area contributed by atoms with E-state index in [4.69, 9.17) is 9.97 Å². The summed E-state index contributed by atoms with van der Waals surface area (Å²) in [7, 11) is 0. The van der Waals surface area contributed by atoms with Crippen molar-refractivity contribution >= 4 is 65.4 Å². The van der Waals surface area contributed by atoms with Gasteiger partial charge in [-0.3, -0.25) is 0 Å². The fraction of sp³-hybridized carbons (Fsp3) is 0. The number of hydrogen-bond acceptors (Lipinski definition) is 4. The first-order valence-electron chi connectivity index (χ1n) is 22.2. The highest BCUT2D eigenvalue weighted by Crippen LogP contribution is 2.41. The second kappa shape index (κ2) is 15.0. The fourth-order valence-corrected chi connectivity index (χ4v) is 10.2. The number of fused-ring (bicyclic) bond motifs is 9. The van der Waals surface area contributed by atoms with Gasteiger partial charge in [-0.2, -0.15) is 10.5 Å². The largest absolute Gasteiger partial charge is 0.309 e. The van der Waals surface area contributed by atoms with E-state index in [-0.39, 0.29) is 0 Å². The predicted molar refractivity (Wildman–Crippen MR) is 271 cm³/mol. The predicted octanol–water partition coefficient (Wildman–Crippen LogP) is 14.5. The first-order valence-corrected chi connectivity index (χ1v) is 22.2. The lowest BCUT2D eigenvalue weighted by molar-refractivity contribution is 1.14. The molecule has 0 unspecified atom stereocenters. The van der Waals surface area contributed by atoms with Crippen LogP contribution in [0.4, 0.5) is 0 Å². The molecule has 4 aromatic heterocycles. The van der Waals surface area contributed by atoms with Gasteiger partial charge in [-0.1, -0.05) is 133 Å². The van der Waals surface area contributed by atoms with E-state index in [0.29, 0.717) is 33.9 Å². The molecule has 0 bridgehead atoms. The summed E-state index contributed by atoms with van der Waals surface area (Å²) >= 11 is 0. The maximum atomic E-state index is 11.1. The number of hydrogen-bond donors (Lipinski definition) is 0. The lowest BCUT2D eigenvalue weighted by Gasteiger charge is -2.15. The fourth-order valence-electron chi connectivity index (χ4n) is 10.2. The Morgan fingerprint density at radius 3 is 1.12 bits per heavy atom. The topological polar surface area (TPSA) is 88.2 Å². The average Bonchev–Trinajstić information content (AvgIpc) is 4.03. The second-order valence-electron chi connectivity index (χ2n) is 16.8. The minimum Gasteiger partial charge on any atom is -0.309 e. The van der Waals surface area contributed by atoms with Gasteiger partial charge < -0.3 is 13.7 Å². The highest BCUT2D eigenvalue weighted by Gasteiger charge is 2.23. The Morgan fingerprint density at radius 1 is 0.313 bits per heavy atom. The molecule has 13 aromatic rings. The van der Waals surface area contributed by atoms with Gasteiger partial charge in [0.15, 0.2) is 5.82 Å². The lowest BCUT2D eigenvalue weighted by Crippen LogP contribution is -2.03. The van der Waals surface area contributed by atoms with E-state index in [0.717, 1.165) is 72.1 Å². The Hall–Kier alpha value is -9.56. The van der Waals surface area contributed by atoms with E-state index < -0.39 is 0 Å². The van der Waals surface area contributed by atoms with E-state index >= 15 is 0 Å². The van der Waals surface area contributed by atoms with Crippen molar-refractivity contribution < 1.29 is 0 Å². The van der Waals surface area contributed by atoms with E-state index in [1.807, 2.05) is 78.9 Å². The third-order valence-corrected chi connectivity index (χ3v) is 13.1. The van der Waals surface area contributed by atoms with Crippen LogP contribution in [0, 0.1) is 22.7 Å². The third kappa shape index (κ3) is 5.90. The third-order valence-electron chi connectivity index (χ3n) is 13.1. The Morgan fingerprint density at radius 2 is 0.687 bits per heavy atom. The molecule has 0 saturated heterocycles. The molecule has 0 saturated carbocycles. The molecule has 0 radical (unpaired) electrons. The standard InChI is InChI=1S/C60H35N7/c61-36-41-31-40(52-35-51(38-15-3-1-4-16-38)63-60(64-52)39-17-5-2-6-18-39)32-42(37-62)59(41)67-57-29-27-43(65-53-23-11-7-19-45(53)46-20-8-12-24-54(46)65)33-49(57)50-34-44(28-30-58(50)67)66-55-25-13-9-21-47(55)48-22-10-14-26-56(48)66/h1-35H. The van der Waals surface area contributed by atoms with Gasteiger partial charge in [-0.15, -0.1) is 0 Å². The van der Waals surface area contributed by atoms with Crippen LogP contribution in [0.15, 0.2) is 212 Å². The molecular formula is C60H35N7. The van der Waals surface area contributed by atoms with Crippen LogP contribution in [0.3, 0.4) is 0 Å². The van der Waals surface area contributed by atoms with Crippen molar-refractivity contribution in [3.8, 4) is 63.1 Å². The summed E-state index contributed by atoms with van der Waals surface area (Å²) in [4.78, 5) is 10.0. The number of aromatic nitrogens is 5. The van der Waals surface area contributed by atoms with Crippen LogP contribution >= 0.6 is 0 Å². The molecule has 4 heterocycles. The summed E-state index contributed by atoms with van der Waals surface area (Å²) < 4.78 is 6.76. The number of nitriles is 2. The molecule has 13 rings (SSSR count). The molecular weight excluding hydrogens is 819 g/mol. The van der Waals surface area contributed by atoms with Crippen molar-refractivity contribution in [2.45, 2.75) is 0 Å². The van der Waals surface area contributed by atoms with E-state index in [1.165, 1.54) is 21.5 Å². The highest BCUT2D eigenvalue weighted by molar-refractivity contribution is 6.14. The van der Waals surface area contributed by atoms with Crippen molar-refractivity contribution in [1.29, 1.82) is 10.5 Å². The van der Waals surface area contributed by atoms with Crippen LogP contribution in [-0.2, 0) is 0 Å². The van der Waals surface area contributed by atoms with Gasteiger partial charge in [0.05, 0.1) is 61.3 Å². The van der Waals surface area contributed by atoms with Crippen LogP contribution in [0.5, 0.6) is 0 Å². The second-order valence-corrected chi connectivity index (χ2v) is 16.8. The smallest absolute Gasteiger partial charge is 0.160 e. The number of nitrogens with zero attached hydrogens (tertiary/aromatic N) is 7. The molecule has 0 aliphatic carbocycles. The molecule has 9 aromatic carbocycles. The SMILES string of the molecule is N#Cc1cc(-c2cc(-c3ccccc3)nc(-c3ccccc3)n2)cc(C#N)c1-n1c2ccc(-n3c4ccccc4c4ccccc43)cc2c2cc(-n3c4ccccc4c4ccccc43)ccc21. The maximum Gasteiger partial charge on any atom is 0.160 e. The van der Waals surface area contributed by atoms with Gasteiger partial charge >= 0.3 is 0 Å². The number of benzene rings is 9. The number of rotatable bonds is 6. The van der Waals surface area contributed by atoms with Gasteiger partial charge in [-0.05, 0) is 78.9 Å². The molecule has 0 atom stereocenters. The molecule has 67 heavy (non-hydrogen) atoms.